The molecule has 20 heavy (non-hydrogen) atoms. The number of nitrogens with zero attached hydrogens (tertiary/aromatic N) is 2. The molecular weight excluding hydrogens is 257 g/mol. The van der Waals surface area contributed by atoms with Crippen LogP contribution in [0.5, 0.6) is 0 Å². The minimum absolute atomic E-state index is 0.00653. The van der Waals surface area contributed by atoms with Crippen molar-refractivity contribution < 1.29 is 9.18 Å². The van der Waals surface area contributed by atoms with Crippen LogP contribution >= 0.6 is 0 Å². The van der Waals surface area contributed by atoms with Gasteiger partial charge in [-0.15, -0.1) is 0 Å². The molecule has 1 amide bonds. The van der Waals surface area contributed by atoms with E-state index in [4.69, 9.17) is 5.73 Å². The number of rotatable bonds is 4. The van der Waals surface area contributed by atoms with E-state index in [1.165, 1.54) is 17.0 Å². The number of hydrogen-bond acceptors (Lipinski definition) is 3. The van der Waals surface area contributed by atoms with Gasteiger partial charge in [0.15, 0.2) is 0 Å². The second-order valence-electron chi connectivity index (χ2n) is 4.81. The van der Waals surface area contributed by atoms with E-state index in [0.717, 1.165) is 5.56 Å². The van der Waals surface area contributed by atoms with Crippen LogP contribution in [-0.2, 0) is 11.3 Å². The van der Waals surface area contributed by atoms with E-state index in [0.29, 0.717) is 12.1 Å². The largest absolute Gasteiger partial charge is 0.348 e. The van der Waals surface area contributed by atoms with Crippen molar-refractivity contribution in [3.63, 3.8) is 0 Å². The first kappa shape index (κ1) is 16.2. The van der Waals surface area contributed by atoms with Crippen LogP contribution in [0.25, 0.3) is 0 Å². The molecule has 0 aliphatic carbocycles. The number of hydrogen-bond donors (Lipinski definition) is 1. The predicted octanol–water partition coefficient (Wildman–Crippen LogP) is 0.656. The van der Waals surface area contributed by atoms with Crippen molar-refractivity contribution >= 4 is 5.91 Å². The van der Waals surface area contributed by atoms with E-state index in [-0.39, 0.29) is 24.8 Å². The van der Waals surface area contributed by atoms with Gasteiger partial charge in [-0.3, -0.25) is 9.69 Å². The standard InChI is InChI=1S/C15H20FN3O/c1-18(2)15(20)11-19(3)10-13-7-12(5-4-6-17)8-14(16)9-13/h7-9H,6,10-11,17H2,1-3H3. The highest BCUT2D eigenvalue weighted by Gasteiger charge is 2.09. The number of benzene rings is 1. The van der Waals surface area contributed by atoms with E-state index in [9.17, 15) is 9.18 Å². The number of carbonyl (C=O) groups excluding carboxylic acids is 1. The third-order valence-electron chi connectivity index (χ3n) is 2.65. The lowest BCUT2D eigenvalue weighted by Crippen LogP contribution is -2.34. The molecule has 0 unspecified atom stereocenters. The van der Waals surface area contributed by atoms with Gasteiger partial charge in [-0.05, 0) is 30.8 Å². The molecule has 0 radical (unpaired) electrons. The molecule has 0 aliphatic heterocycles. The van der Waals surface area contributed by atoms with Crippen LogP contribution in [0.1, 0.15) is 11.1 Å². The maximum Gasteiger partial charge on any atom is 0.236 e. The van der Waals surface area contributed by atoms with Gasteiger partial charge in [0.25, 0.3) is 0 Å². The average molecular weight is 277 g/mol. The highest BCUT2D eigenvalue weighted by molar-refractivity contribution is 5.77. The molecule has 0 saturated carbocycles. The Labute approximate surface area is 119 Å². The zero-order valence-electron chi connectivity index (χ0n) is 12.1. The van der Waals surface area contributed by atoms with Crippen molar-refractivity contribution in [2.24, 2.45) is 5.73 Å². The summed E-state index contributed by atoms with van der Waals surface area (Å²) in [4.78, 5) is 15.0. The van der Waals surface area contributed by atoms with Gasteiger partial charge in [-0.2, -0.15) is 0 Å². The molecule has 0 aliphatic rings. The third kappa shape index (κ3) is 5.39. The number of halogens is 1. The number of carbonyl (C=O) groups is 1. The second kappa shape index (κ2) is 7.63. The molecule has 108 valence electrons. The summed E-state index contributed by atoms with van der Waals surface area (Å²) < 4.78 is 13.5. The maximum absolute atomic E-state index is 13.5. The number of amides is 1. The third-order valence-corrected chi connectivity index (χ3v) is 2.65. The van der Waals surface area contributed by atoms with Crippen LogP contribution in [0.15, 0.2) is 18.2 Å². The van der Waals surface area contributed by atoms with Gasteiger partial charge in [-0.1, -0.05) is 11.8 Å². The van der Waals surface area contributed by atoms with Gasteiger partial charge in [-0.25, -0.2) is 4.39 Å². The fourth-order valence-electron chi connectivity index (χ4n) is 1.71. The molecule has 0 aromatic heterocycles. The Morgan fingerprint density at radius 3 is 2.60 bits per heavy atom. The molecule has 0 spiro atoms. The molecule has 0 heterocycles. The highest BCUT2D eigenvalue weighted by atomic mass is 19.1. The van der Waals surface area contributed by atoms with E-state index in [1.807, 2.05) is 18.0 Å². The Bertz CT molecular complexity index is 532. The normalized spacial score (nSPS) is 10.1. The van der Waals surface area contributed by atoms with E-state index >= 15 is 0 Å². The van der Waals surface area contributed by atoms with Gasteiger partial charge in [0.05, 0.1) is 13.1 Å². The summed E-state index contributed by atoms with van der Waals surface area (Å²) in [5.74, 6) is 5.17. The van der Waals surface area contributed by atoms with E-state index < -0.39 is 0 Å². The summed E-state index contributed by atoms with van der Waals surface area (Å²) in [5, 5.41) is 0. The summed E-state index contributed by atoms with van der Waals surface area (Å²) in [6, 6.07) is 4.63. The van der Waals surface area contributed by atoms with Crippen LogP contribution in [0, 0.1) is 17.7 Å². The minimum Gasteiger partial charge on any atom is -0.348 e. The van der Waals surface area contributed by atoms with Crippen molar-refractivity contribution in [3.8, 4) is 11.8 Å². The van der Waals surface area contributed by atoms with E-state index in [1.54, 1.807) is 14.1 Å². The molecule has 1 aromatic carbocycles. The van der Waals surface area contributed by atoms with Crippen molar-refractivity contribution in [2.45, 2.75) is 6.54 Å². The molecular formula is C15H20FN3O. The molecule has 5 heteroatoms. The monoisotopic (exact) mass is 277 g/mol. The Kier molecular flexibility index (Phi) is 6.16. The van der Waals surface area contributed by atoms with Crippen molar-refractivity contribution in [1.29, 1.82) is 0 Å². The summed E-state index contributed by atoms with van der Waals surface area (Å²) >= 11 is 0. The molecule has 1 rings (SSSR count). The van der Waals surface area contributed by atoms with Crippen LogP contribution in [0.2, 0.25) is 0 Å². The minimum atomic E-state index is -0.337. The molecule has 0 bridgehead atoms. The molecule has 0 fully saturated rings. The summed E-state index contributed by atoms with van der Waals surface area (Å²) in [5.41, 5.74) is 6.67. The summed E-state index contributed by atoms with van der Waals surface area (Å²) in [7, 11) is 5.23. The Morgan fingerprint density at radius 1 is 1.30 bits per heavy atom. The van der Waals surface area contributed by atoms with Gasteiger partial charge in [0.1, 0.15) is 5.82 Å². The van der Waals surface area contributed by atoms with Crippen molar-refractivity contribution in [1.82, 2.24) is 9.80 Å². The molecule has 2 N–H and O–H groups in total. The fourth-order valence-corrected chi connectivity index (χ4v) is 1.71. The molecule has 4 nitrogen and oxygen atoms in total. The lowest BCUT2D eigenvalue weighted by Gasteiger charge is -2.19. The van der Waals surface area contributed by atoms with Crippen molar-refractivity contribution in [3.05, 3.63) is 35.1 Å². The first-order valence-corrected chi connectivity index (χ1v) is 6.29. The lowest BCUT2D eigenvalue weighted by atomic mass is 10.1. The highest BCUT2D eigenvalue weighted by Crippen LogP contribution is 2.10. The quantitative estimate of drug-likeness (QED) is 0.822. The SMILES string of the molecule is CN(CC(=O)N(C)C)Cc1cc(F)cc(C#CCN)c1. The average Bonchev–Trinajstić information content (AvgIpc) is 2.35. The Morgan fingerprint density at radius 2 is 2.00 bits per heavy atom. The van der Waals surface area contributed by atoms with Crippen LogP contribution in [-0.4, -0.2) is 49.9 Å². The fraction of sp³-hybridized carbons (Fsp3) is 0.400. The summed E-state index contributed by atoms with van der Waals surface area (Å²) in [6.07, 6.45) is 0. The predicted molar refractivity (Wildman–Crippen MR) is 77.4 cm³/mol. The zero-order chi connectivity index (χ0) is 15.1. The second-order valence-corrected chi connectivity index (χ2v) is 4.81. The smallest absolute Gasteiger partial charge is 0.236 e. The van der Waals surface area contributed by atoms with Gasteiger partial charge < -0.3 is 10.6 Å². The number of nitrogens with two attached hydrogens (primary N) is 1. The van der Waals surface area contributed by atoms with Gasteiger partial charge in [0.2, 0.25) is 5.91 Å². The lowest BCUT2D eigenvalue weighted by molar-refractivity contribution is -0.129. The zero-order valence-corrected chi connectivity index (χ0v) is 12.1. The first-order valence-electron chi connectivity index (χ1n) is 6.29. The van der Waals surface area contributed by atoms with Crippen LogP contribution < -0.4 is 5.73 Å². The van der Waals surface area contributed by atoms with E-state index in [2.05, 4.69) is 11.8 Å². The molecule has 0 atom stereocenters. The van der Waals surface area contributed by atoms with Crippen LogP contribution in [0.3, 0.4) is 0 Å². The summed E-state index contributed by atoms with van der Waals surface area (Å²) in [6.45, 7) is 1.01. The molecule has 1 aromatic rings. The first-order chi connectivity index (χ1) is 9.42. The van der Waals surface area contributed by atoms with Gasteiger partial charge in [0, 0.05) is 26.2 Å². The Balaban J connectivity index is 2.76. The van der Waals surface area contributed by atoms with Crippen LogP contribution in [0.4, 0.5) is 4.39 Å². The van der Waals surface area contributed by atoms with Gasteiger partial charge >= 0.3 is 0 Å². The number of likely N-dealkylation sites (N-methyl/N-ethyl adjacent to an activating group) is 2. The van der Waals surface area contributed by atoms with Crippen molar-refractivity contribution in [2.75, 3.05) is 34.2 Å². The Hall–Kier alpha value is -1.90. The maximum atomic E-state index is 13.5. The molecule has 0 saturated heterocycles. The topological polar surface area (TPSA) is 49.6 Å².